The summed E-state index contributed by atoms with van der Waals surface area (Å²) in [4.78, 5) is 2.47. The molecular weight excluding hydrogens is 292 g/mol. The van der Waals surface area contributed by atoms with Crippen molar-refractivity contribution in [2.24, 2.45) is 0 Å². The highest BCUT2D eigenvalue weighted by Crippen LogP contribution is 2.35. The number of nitrogens with zero attached hydrogens (tertiary/aromatic N) is 2. The van der Waals surface area contributed by atoms with Gasteiger partial charge in [0.05, 0.1) is 11.5 Å². The van der Waals surface area contributed by atoms with Gasteiger partial charge in [-0.05, 0) is 36.0 Å². The molecule has 0 aromatic heterocycles. The molecule has 0 bridgehead atoms. The van der Waals surface area contributed by atoms with E-state index < -0.39 is 0 Å². The average molecular weight is 318 g/mol. The van der Waals surface area contributed by atoms with Crippen molar-refractivity contribution >= 4 is 0 Å². The first-order valence-corrected chi connectivity index (χ1v) is 9.03. The van der Waals surface area contributed by atoms with Crippen molar-refractivity contribution in [3.05, 3.63) is 71.3 Å². The van der Waals surface area contributed by atoms with Crippen LogP contribution in [0.15, 0.2) is 54.6 Å². The monoisotopic (exact) mass is 318 g/mol. The maximum absolute atomic E-state index is 9.88. The van der Waals surface area contributed by atoms with E-state index in [2.05, 4.69) is 72.5 Å². The first kappa shape index (κ1) is 16.7. The normalized spacial score (nSPS) is 17.3. The van der Waals surface area contributed by atoms with Gasteiger partial charge in [0.1, 0.15) is 0 Å². The molecule has 2 nitrogen and oxygen atoms in total. The van der Waals surface area contributed by atoms with Gasteiger partial charge >= 0.3 is 0 Å². The van der Waals surface area contributed by atoms with Crippen LogP contribution >= 0.6 is 0 Å². The Bertz CT molecular complexity index is 674. The highest BCUT2D eigenvalue weighted by Gasteiger charge is 2.36. The Morgan fingerprint density at radius 3 is 2.21 bits per heavy atom. The second-order valence-electron chi connectivity index (χ2n) is 6.90. The lowest BCUT2D eigenvalue weighted by Crippen LogP contribution is -2.41. The zero-order chi connectivity index (χ0) is 16.8. The van der Waals surface area contributed by atoms with Crippen LogP contribution in [0.25, 0.3) is 0 Å². The Balaban J connectivity index is 1.66. The molecule has 0 atom stereocenters. The van der Waals surface area contributed by atoms with Gasteiger partial charge in [-0.25, -0.2) is 0 Å². The molecule has 0 N–H and O–H groups in total. The molecule has 2 aromatic carbocycles. The Labute approximate surface area is 145 Å². The molecular formula is C22H26N2. The number of aryl methyl sites for hydroxylation is 1. The zero-order valence-corrected chi connectivity index (χ0v) is 14.5. The van der Waals surface area contributed by atoms with Crippen LogP contribution in [0.5, 0.6) is 0 Å². The third kappa shape index (κ3) is 3.68. The molecule has 0 saturated carbocycles. The fourth-order valence-corrected chi connectivity index (χ4v) is 3.68. The molecule has 24 heavy (non-hydrogen) atoms. The summed E-state index contributed by atoms with van der Waals surface area (Å²) in [6.45, 7) is 5.16. The van der Waals surface area contributed by atoms with E-state index in [0.29, 0.717) is 0 Å². The largest absolute Gasteiger partial charge is 0.299 e. The molecule has 1 heterocycles. The maximum Gasteiger partial charge on any atom is 0.0846 e. The molecule has 3 rings (SSSR count). The van der Waals surface area contributed by atoms with Crippen molar-refractivity contribution < 1.29 is 0 Å². The van der Waals surface area contributed by atoms with Gasteiger partial charge in [0.15, 0.2) is 0 Å². The minimum atomic E-state index is -0.308. The van der Waals surface area contributed by atoms with Crippen molar-refractivity contribution in [1.29, 1.82) is 5.26 Å². The number of rotatable bonds is 5. The van der Waals surface area contributed by atoms with Crippen molar-refractivity contribution in [1.82, 2.24) is 4.90 Å². The van der Waals surface area contributed by atoms with E-state index in [1.54, 1.807) is 0 Å². The van der Waals surface area contributed by atoms with Crippen LogP contribution in [0.3, 0.4) is 0 Å². The summed E-state index contributed by atoms with van der Waals surface area (Å²) < 4.78 is 0. The van der Waals surface area contributed by atoms with E-state index in [0.717, 1.165) is 45.3 Å². The van der Waals surface area contributed by atoms with Crippen LogP contribution in [-0.4, -0.2) is 18.0 Å². The lowest BCUT2D eigenvalue weighted by Gasteiger charge is -2.37. The van der Waals surface area contributed by atoms with Gasteiger partial charge in [0.25, 0.3) is 0 Å². The van der Waals surface area contributed by atoms with Crippen LogP contribution in [0, 0.1) is 11.3 Å². The van der Waals surface area contributed by atoms with Crippen LogP contribution in [0.2, 0.25) is 0 Å². The van der Waals surface area contributed by atoms with Crippen LogP contribution < -0.4 is 0 Å². The van der Waals surface area contributed by atoms with Gasteiger partial charge in [-0.1, -0.05) is 67.9 Å². The van der Waals surface area contributed by atoms with Gasteiger partial charge in [0.2, 0.25) is 0 Å². The Kier molecular flexibility index (Phi) is 5.33. The van der Waals surface area contributed by atoms with Crippen LogP contribution in [-0.2, 0) is 18.4 Å². The first-order valence-electron chi connectivity index (χ1n) is 9.03. The zero-order valence-electron chi connectivity index (χ0n) is 14.5. The smallest absolute Gasteiger partial charge is 0.0846 e. The standard InChI is InChI=1S/C22H26N2/c1-2-6-19-9-11-21(12-10-19)22(18-23)13-15-24(16-14-22)17-20-7-4-3-5-8-20/h3-5,7-12H,2,6,13-17H2,1H3. The highest BCUT2D eigenvalue weighted by molar-refractivity contribution is 5.35. The lowest BCUT2D eigenvalue weighted by atomic mass is 9.74. The number of nitriles is 1. The van der Waals surface area contributed by atoms with Crippen molar-refractivity contribution in [2.75, 3.05) is 13.1 Å². The predicted molar refractivity (Wildman–Crippen MR) is 98.7 cm³/mol. The van der Waals surface area contributed by atoms with E-state index in [1.165, 1.54) is 16.7 Å². The number of likely N-dealkylation sites (tertiary alicyclic amines) is 1. The third-order valence-electron chi connectivity index (χ3n) is 5.22. The lowest BCUT2D eigenvalue weighted by molar-refractivity contribution is 0.179. The fourth-order valence-electron chi connectivity index (χ4n) is 3.68. The quantitative estimate of drug-likeness (QED) is 0.799. The summed E-state index contributed by atoms with van der Waals surface area (Å²) in [5.41, 5.74) is 3.61. The number of hydrogen-bond acceptors (Lipinski definition) is 2. The van der Waals surface area contributed by atoms with Gasteiger partial charge < -0.3 is 0 Å². The number of benzene rings is 2. The summed E-state index contributed by atoms with van der Waals surface area (Å²) >= 11 is 0. The Morgan fingerprint density at radius 1 is 0.958 bits per heavy atom. The predicted octanol–water partition coefficient (Wildman–Crippen LogP) is 4.70. The SMILES string of the molecule is CCCc1ccc(C2(C#N)CCN(Cc3ccccc3)CC2)cc1. The second-order valence-corrected chi connectivity index (χ2v) is 6.90. The molecule has 1 saturated heterocycles. The van der Waals surface area contributed by atoms with Crippen LogP contribution in [0.4, 0.5) is 0 Å². The molecule has 1 aliphatic rings. The summed E-state index contributed by atoms with van der Waals surface area (Å²) in [5, 5.41) is 9.88. The molecule has 0 unspecified atom stereocenters. The van der Waals surface area contributed by atoms with E-state index in [4.69, 9.17) is 0 Å². The number of piperidine rings is 1. The third-order valence-corrected chi connectivity index (χ3v) is 5.22. The molecule has 124 valence electrons. The van der Waals surface area contributed by atoms with Crippen molar-refractivity contribution in [3.8, 4) is 6.07 Å². The Hall–Kier alpha value is -2.11. The van der Waals surface area contributed by atoms with Gasteiger partial charge in [0, 0.05) is 19.6 Å². The van der Waals surface area contributed by atoms with Gasteiger partial charge in [-0.2, -0.15) is 5.26 Å². The number of hydrogen-bond donors (Lipinski definition) is 0. The summed E-state index contributed by atoms with van der Waals surface area (Å²) in [5.74, 6) is 0. The molecule has 1 aliphatic heterocycles. The topological polar surface area (TPSA) is 27.0 Å². The van der Waals surface area contributed by atoms with E-state index >= 15 is 0 Å². The molecule has 0 aliphatic carbocycles. The average Bonchev–Trinajstić information content (AvgIpc) is 2.64. The molecule has 2 aromatic rings. The van der Waals surface area contributed by atoms with E-state index in [1.807, 2.05) is 0 Å². The van der Waals surface area contributed by atoms with Gasteiger partial charge in [-0.15, -0.1) is 0 Å². The Morgan fingerprint density at radius 2 is 1.62 bits per heavy atom. The van der Waals surface area contributed by atoms with E-state index in [-0.39, 0.29) is 5.41 Å². The minimum absolute atomic E-state index is 0.308. The summed E-state index contributed by atoms with van der Waals surface area (Å²) in [7, 11) is 0. The minimum Gasteiger partial charge on any atom is -0.299 e. The molecule has 0 spiro atoms. The molecule has 0 radical (unpaired) electrons. The highest BCUT2D eigenvalue weighted by atomic mass is 15.1. The van der Waals surface area contributed by atoms with Crippen LogP contribution in [0.1, 0.15) is 42.9 Å². The van der Waals surface area contributed by atoms with Crippen molar-refractivity contribution in [2.45, 2.75) is 44.6 Å². The second kappa shape index (κ2) is 7.64. The summed E-state index contributed by atoms with van der Waals surface area (Å²) in [6.07, 6.45) is 4.12. The summed E-state index contributed by atoms with van der Waals surface area (Å²) in [6, 6.07) is 22.0. The van der Waals surface area contributed by atoms with Crippen molar-refractivity contribution in [3.63, 3.8) is 0 Å². The molecule has 2 heteroatoms. The molecule has 1 fully saturated rings. The molecule has 0 amide bonds. The fraction of sp³-hybridized carbons (Fsp3) is 0.409. The first-order chi connectivity index (χ1) is 11.8. The maximum atomic E-state index is 9.88. The van der Waals surface area contributed by atoms with Gasteiger partial charge in [-0.3, -0.25) is 4.90 Å². The van der Waals surface area contributed by atoms with E-state index in [9.17, 15) is 5.26 Å².